The highest BCUT2D eigenvalue weighted by Gasteiger charge is 2.24. The minimum atomic E-state index is -0.556. The van der Waals surface area contributed by atoms with Crippen LogP contribution in [0.5, 0.6) is 0 Å². The number of carbonyl (C=O) groups excluding carboxylic acids is 1. The van der Waals surface area contributed by atoms with Gasteiger partial charge in [0.25, 0.3) is 5.91 Å². The number of nitrogens with one attached hydrogen (secondary N) is 1. The number of aromatic nitrogens is 1. The first-order valence-corrected chi connectivity index (χ1v) is 6.06. The Labute approximate surface area is 104 Å². The maximum atomic E-state index is 13.0. The van der Waals surface area contributed by atoms with Gasteiger partial charge in [0.1, 0.15) is 11.0 Å². The molecular formula is C12H14ClFN2O. The molecule has 5 heteroatoms. The number of halogens is 2. The lowest BCUT2D eigenvalue weighted by Gasteiger charge is -2.12. The largest absolute Gasteiger partial charge is 0.349 e. The molecule has 1 aromatic rings. The van der Waals surface area contributed by atoms with Gasteiger partial charge >= 0.3 is 0 Å². The van der Waals surface area contributed by atoms with Crippen molar-refractivity contribution >= 4 is 17.5 Å². The van der Waals surface area contributed by atoms with Crippen LogP contribution in [0.2, 0.25) is 5.15 Å². The number of nitrogens with zero attached hydrogens (tertiary/aromatic N) is 1. The SMILES string of the molecule is CC1CCC(NC(=O)c2cc(F)cnc2Cl)C1. The van der Waals surface area contributed by atoms with Crippen molar-refractivity contribution in [1.29, 1.82) is 0 Å². The van der Waals surface area contributed by atoms with Gasteiger partial charge in [0.15, 0.2) is 0 Å². The number of carbonyl (C=O) groups is 1. The van der Waals surface area contributed by atoms with Gasteiger partial charge in [-0.15, -0.1) is 0 Å². The predicted octanol–water partition coefficient (Wildman–Crippen LogP) is 2.79. The average Bonchev–Trinajstić information content (AvgIpc) is 2.67. The Morgan fingerprint density at radius 2 is 2.35 bits per heavy atom. The average molecular weight is 257 g/mol. The predicted molar refractivity (Wildman–Crippen MR) is 63.5 cm³/mol. The first kappa shape index (κ1) is 12.3. The van der Waals surface area contributed by atoms with Gasteiger partial charge in [-0.05, 0) is 31.2 Å². The lowest BCUT2D eigenvalue weighted by molar-refractivity contribution is 0.0936. The van der Waals surface area contributed by atoms with Crippen LogP contribution in [0.1, 0.15) is 36.5 Å². The zero-order valence-corrected chi connectivity index (χ0v) is 10.3. The summed E-state index contributed by atoms with van der Waals surface area (Å²) in [6.07, 6.45) is 4.04. The Bertz CT molecular complexity index is 439. The standard InChI is InChI=1S/C12H14ClFN2O/c1-7-2-3-9(4-7)16-12(17)10-5-8(14)6-15-11(10)13/h5-7,9H,2-4H2,1H3,(H,16,17). The first-order valence-electron chi connectivity index (χ1n) is 5.68. The minimum Gasteiger partial charge on any atom is -0.349 e. The Morgan fingerprint density at radius 1 is 1.59 bits per heavy atom. The molecule has 1 fully saturated rings. The van der Waals surface area contributed by atoms with E-state index in [0.29, 0.717) is 5.92 Å². The van der Waals surface area contributed by atoms with Crippen molar-refractivity contribution in [2.24, 2.45) is 5.92 Å². The van der Waals surface area contributed by atoms with Gasteiger partial charge < -0.3 is 5.32 Å². The number of pyridine rings is 1. The van der Waals surface area contributed by atoms with Gasteiger partial charge in [-0.3, -0.25) is 4.79 Å². The number of rotatable bonds is 2. The van der Waals surface area contributed by atoms with Crippen LogP contribution in [0.25, 0.3) is 0 Å². The zero-order chi connectivity index (χ0) is 12.4. The summed E-state index contributed by atoms with van der Waals surface area (Å²) < 4.78 is 13.0. The summed E-state index contributed by atoms with van der Waals surface area (Å²) in [5.41, 5.74) is 0.103. The van der Waals surface area contributed by atoms with Crippen molar-refractivity contribution in [3.8, 4) is 0 Å². The molecule has 2 unspecified atom stereocenters. The molecule has 0 bridgehead atoms. The molecule has 1 aliphatic carbocycles. The van der Waals surface area contributed by atoms with Crippen LogP contribution in [-0.2, 0) is 0 Å². The van der Waals surface area contributed by atoms with Gasteiger partial charge in [0, 0.05) is 6.04 Å². The Morgan fingerprint density at radius 3 is 3.00 bits per heavy atom. The van der Waals surface area contributed by atoms with Crippen LogP contribution in [0, 0.1) is 11.7 Å². The Kier molecular flexibility index (Phi) is 3.62. The monoisotopic (exact) mass is 256 g/mol. The first-order chi connectivity index (χ1) is 8.06. The molecule has 92 valence electrons. The molecule has 1 N–H and O–H groups in total. The quantitative estimate of drug-likeness (QED) is 0.827. The van der Waals surface area contributed by atoms with E-state index in [0.717, 1.165) is 31.5 Å². The topological polar surface area (TPSA) is 42.0 Å². The van der Waals surface area contributed by atoms with Crippen molar-refractivity contribution in [3.63, 3.8) is 0 Å². The lowest BCUT2D eigenvalue weighted by Crippen LogP contribution is -2.33. The third-order valence-corrected chi connectivity index (χ3v) is 3.38. The molecule has 17 heavy (non-hydrogen) atoms. The maximum Gasteiger partial charge on any atom is 0.254 e. The number of hydrogen-bond donors (Lipinski definition) is 1. The van der Waals surface area contributed by atoms with E-state index in [9.17, 15) is 9.18 Å². The van der Waals surface area contributed by atoms with Crippen molar-refractivity contribution in [2.45, 2.75) is 32.2 Å². The van der Waals surface area contributed by atoms with Gasteiger partial charge in [0.2, 0.25) is 0 Å². The molecule has 0 radical (unpaired) electrons. The van der Waals surface area contributed by atoms with Crippen LogP contribution in [0.15, 0.2) is 12.3 Å². The van der Waals surface area contributed by atoms with E-state index in [2.05, 4.69) is 17.2 Å². The fraction of sp³-hybridized carbons (Fsp3) is 0.500. The second-order valence-corrected chi connectivity index (χ2v) is 4.94. The fourth-order valence-corrected chi connectivity index (χ4v) is 2.37. The van der Waals surface area contributed by atoms with E-state index >= 15 is 0 Å². The molecular weight excluding hydrogens is 243 g/mol. The van der Waals surface area contributed by atoms with Crippen LogP contribution >= 0.6 is 11.6 Å². The van der Waals surface area contributed by atoms with Crippen LogP contribution in [-0.4, -0.2) is 16.9 Å². The molecule has 1 heterocycles. The lowest BCUT2D eigenvalue weighted by atomic mass is 10.1. The van der Waals surface area contributed by atoms with Gasteiger partial charge in [-0.2, -0.15) is 0 Å². The highest BCUT2D eigenvalue weighted by molar-refractivity contribution is 6.32. The molecule has 1 aromatic heterocycles. The summed E-state index contributed by atoms with van der Waals surface area (Å²) in [4.78, 5) is 15.5. The minimum absolute atomic E-state index is 0.0370. The molecule has 3 nitrogen and oxygen atoms in total. The van der Waals surface area contributed by atoms with Crippen molar-refractivity contribution in [1.82, 2.24) is 10.3 Å². The summed E-state index contributed by atoms with van der Waals surface area (Å²) >= 11 is 5.77. The van der Waals surface area contributed by atoms with Gasteiger partial charge in [0.05, 0.1) is 11.8 Å². The molecule has 0 saturated heterocycles. The van der Waals surface area contributed by atoms with Crippen molar-refractivity contribution in [3.05, 3.63) is 28.8 Å². The summed E-state index contributed by atoms with van der Waals surface area (Å²) in [6.45, 7) is 2.16. The van der Waals surface area contributed by atoms with E-state index < -0.39 is 5.82 Å². The normalized spacial score (nSPS) is 23.7. The van der Waals surface area contributed by atoms with Crippen LogP contribution in [0.4, 0.5) is 4.39 Å². The van der Waals surface area contributed by atoms with E-state index in [1.165, 1.54) is 0 Å². The molecule has 1 amide bonds. The van der Waals surface area contributed by atoms with Crippen LogP contribution < -0.4 is 5.32 Å². The zero-order valence-electron chi connectivity index (χ0n) is 9.54. The smallest absolute Gasteiger partial charge is 0.254 e. The fourth-order valence-electron chi connectivity index (χ4n) is 2.18. The third kappa shape index (κ3) is 2.94. The van der Waals surface area contributed by atoms with Crippen LogP contribution in [0.3, 0.4) is 0 Å². The number of hydrogen-bond acceptors (Lipinski definition) is 2. The van der Waals surface area contributed by atoms with Crippen molar-refractivity contribution in [2.75, 3.05) is 0 Å². The molecule has 1 saturated carbocycles. The molecule has 2 rings (SSSR count). The van der Waals surface area contributed by atoms with E-state index in [-0.39, 0.29) is 22.7 Å². The summed E-state index contributed by atoms with van der Waals surface area (Å²) in [5.74, 6) is -0.276. The molecule has 1 aliphatic rings. The summed E-state index contributed by atoms with van der Waals surface area (Å²) in [6, 6.07) is 1.28. The van der Waals surface area contributed by atoms with Gasteiger partial charge in [-0.1, -0.05) is 18.5 Å². The second-order valence-electron chi connectivity index (χ2n) is 4.58. The Hall–Kier alpha value is -1.16. The maximum absolute atomic E-state index is 13.0. The molecule has 0 aromatic carbocycles. The second kappa shape index (κ2) is 5.00. The summed E-state index contributed by atoms with van der Waals surface area (Å²) in [5, 5.41) is 2.90. The van der Waals surface area contributed by atoms with E-state index in [1.54, 1.807) is 0 Å². The number of amides is 1. The third-order valence-electron chi connectivity index (χ3n) is 3.08. The summed E-state index contributed by atoms with van der Waals surface area (Å²) in [7, 11) is 0. The van der Waals surface area contributed by atoms with E-state index in [4.69, 9.17) is 11.6 Å². The highest BCUT2D eigenvalue weighted by Crippen LogP contribution is 2.25. The van der Waals surface area contributed by atoms with Crippen molar-refractivity contribution < 1.29 is 9.18 Å². The Balaban J connectivity index is 2.06. The molecule has 0 spiro atoms. The highest BCUT2D eigenvalue weighted by atomic mass is 35.5. The van der Waals surface area contributed by atoms with Gasteiger partial charge in [-0.25, -0.2) is 9.37 Å². The van der Waals surface area contributed by atoms with E-state index in [1.807, 2.05) is 0 Å². The molecule has 0 aliphatic heterocycles. The molecule has 2 atom stereocenters.